The van der Waals surface area contributed by atoms with E-state index in [1.54, 1.807) is 18.9 Å². The molecule has 0 aliphatic rings. The zero-order chi connectivity index (χ0) is 13.5. The van der Waals surface area contributed by atoms with E-state index in [2.05, 4.69) is 6.92 Å². The molecule has 0 aromatic heterocycles. The summed E-state index contributed by atoms with van der Waals surface area (Å²) in [4.78, 5) is 0. The molecule has 0 aliphatic carbocycles. The van der Waals surface area contributed by atoms with Crippen LogP contribution in [-0.2, 0) is 0 Å². The van der Waals surface area contributed by atoms with Crippen molar-refractivity contribution in [2.75, 3.05) is 12.9 Å². The molecule has 100 valence electrons. The smallest absolute Gasteiger partial charge is 0.122 e. The Morgan fingerprint density at radius 2 is 2.11 bits per heavy atom. The fourth-order valence-corrected chi connectivity index (χ4v) is 2.95. The van der Waals surface area contributed by atoms with Crippen LogP contribution < -0.4 is 4.74 Å². The Morgan fingerprint density at radius 3 is 2.72 bits per heavy atom. The molecule has 0 bridgehead atoms. The van der Waals surface area contributed by atoms with Crippen molar-refractivity contribution >= 4 is 28.2 Å². The van der Waals surface area contributed by atoms with Gasteiger partial charge in [0, 0.05) is 12.3 Å². The highest BCUT2D eigenvalue weighted by molar-refractivity contribution is 8.23. The Kier molecular flexibility index (Phi) is 6.68. The maximum Gasteiger partial charge on any atom is 0.122 e. The quantitative estimate of drug-likeness (QED) is 0.808. The number of aliphatic hydroxyl groups is 1. The predicted molar refractivity (Wildman–Crippen MR) is 82.8 cm³/mol. The van der Waals surface area contributed by atoms with Gasteiger partial charge in [-0.1, -0.05) is 44.3 Å². The Hall–Kier alpha value is -0.580. The van der Waals surface area contributed by atoms with E-state index in [-0.39, 0.29) is 5.92 Å². The van der Waals surface area contributed by atoms with Gasteiger partial charge < -0.3 is 9.84 Å². The van der Waals surface area contributed by atoms with Gasteiger partial charge in [0.15, 0.2) is 0 Å². The lowest BCUT2D eigenvalue weighted by atomic mass is 9.93. The van der Waals surface area contributed by atoms with Crippen LogP contribution in [0.15, 0.2) is 24.3 Å². The van der Waals surface area contributed by atoms with E-state index in [1.807, 2.05) is 31.2 Å². The van der Waals surface area contributed by atoms with Crippen molar-refractivity contribution in [3.05, 3.63) is 29.8 Å². The standard InChI is InChI=1S/C14H20O2S2/c1-4-18-14(17)9-12(15)10(2)11-7-5-6-8-13(11)16-3/h5-8,10,12,15H,4,9H2,1-3H3/t10-,12-/m1/s1. The monoisotopic (exact) mass is 284 g/mol. The summed E-state index contributed by atoms with van der Waals surface area (Å²) < 4.78 is 6.19. The normalized spacial score (nSPS) is 14.0. The third-order valence-corrected chi connectivity index (χ3v) is 4.19. The van der Waals surface area contributed by atoms with Crippen molar-refractivity contribution in [3.63, 3.8) is 0 Å². The van der Waals surface area contributed by atoms with Gasteiger partial charge in [0.05, 0.1) is 17.4 Å². The first kappa shape index (κ1) is 15.5. The number of rotatable bonds is 6. The Bertz CT molecular complexity index is 393. The van der Waals surface area contributed by atoms with E-state index in [9.17, 15) is 5.11 Å². The molecule has 1 aromatic carbocycles. The molecule has 0 amide bonds. The maximum atomic E-state index is 10.2. The summed E-state index contributed by atoms with van der Waals surface area (Å²) in [6.07, 6.45) is 0.0837. The van der Waals surface area contributed by atoms with E-state index in [4.69, 9.17) is 17.0 Å². The molecule has 18 heavy (non-hydrogen) atoms. The predicted octanol–water partition coefficient (Wildman–Crippen LogP) is 3.63. The van der Waals surface area contributed by atoms with Gasteiger partial charge in [0.2, 0.25) is 0 Å². The number of para-hydroxylation sites is 1. The van der Waals surface area contributed by atoms with Crippen molar-refractivity contribution in [2.24, 2.45) is 0 Å². The van der Waals surface area contributed by atoms with E-state index < -0.39 is 6.10 Å². The topological polar surface area (TPSA) is 29.5 Å². The number of benzene rings is 1. The largest absolute Gasteiger partial charge is 0.496 e. The van der Waals surface area contributed by atoms with Gasteiger partial charge in [-0.25, -0.2) is 0 Å². The van der Waals surface area contributed by atoms with E-state index in [0.29, 0.717) is 6.42 Å². The number of ether oxygens (including phenoxy) is 1. The molecule has 0 aliphatic heterocycles. The molecule has 1 aromatic rings. The summed E-state index contributed by atoms with van der Waals surface area (Å²) in [7, 11) is 1.65. The SMILES string of the molecule is CCSC(=S)C[C@@H](O)[C@H](C)c1ccccc1OC. The van der Waals surface area contributed by atoms with Gasteiger partial charge in [-0.2, -0.15) is 0 Å². The third kappa shape index (κ3) is 4.26. The Balaban J connectivity index is 2.73. The van der Waals surface area contributed by atoms with Crippen LogP contribution in [0.5, 0.6) is 5.75 Å². The summed E-state index contributed by atoms with van der Waals surface area (Å²) in [5, 5.41) is 10.2. The van der Waals surface area contributed by atoms with Crippen LogP contribution in [0.2, 0.25) is 0 Å². The minimum absolute atomic E-state index is 0.0107. The first-order chi connectivity index (χ1) is 8.60. The fraction of sp³-hybridized carbons (Fsp3) is 0.500. The molecule has 0 heterocycles. The lowest BCUT2D eigenvalue weighted by Crippen LogP contribution is -2.19. The zero-order valence-corrected chi connectivity index (χ0v) is 12.7. The number of methoxy groups -OCH3 is 1. The van der Waals surface area contributed by atoms with Crippen molar-refractivity contribution in [2.45, 2.75) is 32.3 Å². The van der Waals surface area contributed by atoms with Gasteiger partial charge in [0.25, 0.3) is 0 Å². The second-order valence-corrected chi connectivity index (χ2v) is 6.22. The average molecular weight is 284 g/mol. The van der Waals surface area contributed by atoms with Gasteiger partial charge in [0.1, 0.15) is 5.75 Å². The van der Waals surface area contributed by atoms with Gasteiger partial charge in [-0.3, -0.25) is 0 Å². The lowest BCUT2D eigenvalue weighted by molar-refractivity contribution is 0.156. The molecule has 0 spiro atoms. The van der Waals surface area contributed by atoms with Gasteiger partial charge in [-0.05, 0) is 17.4 Å². The van der Waals surface area contributed by atoms with Crippen molar-refractivity contribution in [1.29, 1.82) is 0 Å². The summed E-state index contributed by atoms with van der Waals surface area (Å²) in [5.74, 6) is 1.78. The Morgan fingerprint density at radius 1 is 1.44 bits per heavy atom. The van der Waals surface area contributed by atoms with Crippen LogP contribution in [0.3, 0.4) is 0 Å². The Labute approximate surface area is 119 Å². The average Bonchev–Trinajstić information content (AvgIpc) is 2.38. The van der Waals surface area contributed by atoms with Crippen LogP contribution in [0.25, 0.3) is 0 Å². The first-order valence-electron chi connectivity index (χ1n) is 6.06. The van der Waals surface area contributed by atoms with Crippen molar-refractivity contribution in [3.8, 4) is 5.75 Å². The van der Waals surface area contributed by atoms with E-state index in [0.717, 1.165) is 21.3 Å². The van der Waals surface area contributed by atoms with Crippen molar-refractivity contribution < 1.29 is 9.84 Å². The fourth-order valence-electron chi connectivity index (χ4n) is 1.82. The summed E-state index contributed by atoms with van der Waals surface area (Å²) in [6, 6.07) is 7.79. The van der Waals surface area contributed by atoms with Crippen LogP contribution in [0.1, 0.15) is 31.7 Å². The van der Waals surface area contributed by atoms with Gasteiger partial charge >= 0.3 is 0 Å². The van der Waals surface area contributed by atoms with Gasteiger partial charge in [-0.15, -0.1) is 11.8 Å². The van der Waals surface area contributed by atoms with Crippen LogP contribution >= 0.6 is 24.0 Å². The molecule has 0 saturated heterocycles. The molecule has 0 unspecified atom stereocenters. The summed E-state index contributed by atoms with van der Waals surface area (Å²) in [5.41, 5.74) is 1.02. The van der Waals surface area contributed by atoms with E-state index >= 15 is 0 Å². The van der Waals surface area contributed by atoms with Crippen LogP contribution in [0, 0.1) is 0 Å². The molecule has 1 N–H and O–H groups in total. The third-order valence-electron chi connectivity index (χ3n) is 2.89. The minimum Gasteiger partial charge on any atom is -0.496 e. The molecular formula is C14H20O2S2. The van der Waals surface area contributed by atoms with Crippen LogP contribution in [0.4, 0.5) is 0 Å². The second kappa shape index (κ2) is 7.77. The molecule has 0 saturated carbocycles. The van der Waals surface area contributed by atoms with Crippen LogP contribution in [-0.4, -0.2) is 28.3 Å². The highest BCUT2D eigenvalue weighted by Gasteiger charge is 2.20. The first-order valence-corrected chi connectivity index (χ1v) is 7.46. The summed E-state index contributed by atoms with van der Waals surface area (Å²) in [6.45, 7) is 4.06. The number of thioether (sulfide) groups is 1. The number of hydrogen-bond acceptors (Lipinski definition) is 4. The highest BCUT2D eigenvalue weighted by atomic mass is 32.2. The molecule has 1 rings (SSSR count). The molecular weight excluding hydrogens is 264 g/mol. The highest BCUT2D eigenvalue weighted by Crippen LogP contribution is 2.30. The minimum atomic E-state index is -0.465. The lowest BCUT2D eigenvalue weighted by Gasteiger charge is -2.21. The van der Waals surface area contributed by atoms with E-state index in [1.165, 1.54) is 0 Å². The molecule has 2 atom stereocenters. The number of aliphatic hydroxyl groups excluding tert-OH is 1. The number of thiocarbonyl (C=S) groups is 1. The molecule has 2 nitrogen and oxygen atoms in total. The molecule has 4 heteroatoms. The zero-order valence-electron chi connectivity index (χ0n) is 11.1. The van der Waals surface area contributed by atoms with Crippen molar-refractivity contribution in [1.82, 2.24) is 0 Å². The molecule has 0 fully saturated rings. The maximum absolute atomic E-state index is 10.2. The molecule has 0 radical (unpaired) electrons. The second-order valence-electron chi connectivity index (χ2n) is 4.11. The number of hydrogen-bond donors (Lipinski definition) is 1. The summed E-state index contributed by atoms with van der Waals surface area (Å²) >= 11 is 6.85.